The van der Waals surface area contributed by atoms with Crippen molar-refractivity contribution in [1.82, 2.24) is 9.97 Å². The minimum Gasteiger partial charge on any atom is -0.497 e. The van der Waals surface area contributed by atoms with Gasteiger partial charge in [0.05, 0.1) is 12.8 Å². The lowest BCUT2D eigenvalue weighted by Gasteiger charge is -2.15. The van der Waals surface area contributed by atoms with Crippen LogP contribution in [0.1, 0.15) is 19.7 Å². The minimum absolute atomic E-state index is 0.405. The summed E-state index contributed by atoms with van der Waals surface area (Å²) in [5.74, 6) is 1.18. The third kappa shape index (κ3) is 2.65. The molecule has 0 bridgehead atoms. The Hall–Kier alpha value is -1.94. The van der Waals surface area contributed by atoms with Gasteiger partial charge in [-0.05, 0) is 32.0 Å². The average Bonchev–Trinajstić information content (AvgIpc) is 2.38. The number of hydrogen-bond donors (Lipinski definition) is 1. The lowest BCUT2D eigenvalue weighted by molar-refractivity contribution is 0.0688. The van der Waals surface area contributed by atoms with E-state index in [1.54, 1.807) is 27.2 Å². The van der Waals surface area contributed by atoms with Crippen LogP contribution in [0.25, 0.3) is 11.3 Å². The summed E-state index contributed by atoms with van der Waals surface area (Å²) in [5, 5.41) is 9.91. The minimum atomic E-state index is -1.05. The Morgan fingerprint density at radius 3 is 2.67 bits per heavy atom. The molecule has 0 saturated heterocycles. The molecule has 0 saturated carbocycles. The molecule has 0 aliphatic heterocycles. The van der Waals surface area contributed by atoms with Gasteiger partial charge in [0.1, 0.15) is 11.4 Å². The maximum Gasteiger partial charge on any atom is 0.159 e. The fourth-order valence-corrected chi connectivity index (χ4v) is 1.60. The van der Waals surface area contributed by atoms with E-state index in [9.17, 15) is 5.11 Å². The van der Waals surface area contributed by atoms with Crippen LogP contribution < -0.4 is 4.74 Å². The standard InChI is InChI=1S/C14H16N2O2/c1-14(2,17)13-15-8-7-12(16-13)10-5-4-6-11(9-10)18-3/h4-9,17H,1-3H3. The molecule has 1 aromatic heterocycles. The first kappa shape index (κ1) is 12.5. The van der Waals surface area contributed by atoms with Gasteiger partial charge in [0.2, 0.25) is 0 Å². The van der Waals surface area contributed by atoms with Crippen molar-refractivity contribution in [3.05, 3.63) is 42.4 Å². The second-order valence-electron chi connectivity index (χ2n) is 4.56. The van der Waals surface area contributed by atoms with Crippen LogP contribution in [0.4, 0.5) is 0 Å². The fraction of sp³-hybridized carbons (Fsp3) is 0.286. The quantitative estimate of drug-likeness (QED) is 0.900. The first-order chi connectivity index (χ1) is 8.50. The molecule has 0 atom stereocenters. The molecule has 0 aliphatic rings. The van der Waals surface area contributed by atoms with Crippen LogP contribution >= 0.6 is 0 Å². The molecule has 0 fully saturated rings. The van der Waals surface area contributed by atoms with E-state index in [1.165, 1.54) is 0 Å². The van der Waals surface area contributed by atoms with E-state index in [1.807, 2.05) is 30.3 Å². The van der Waals surface area contributed by atoms with Crippen LogP contribution in [-0.2, 0) is 5.60 Å². The summed E-state index contributed by atoms with van der Waals surface area (Å²) in [6, 6.07) is 9.43. The molecular weight excluding hydrogens is 228 g/mol. The van der Waals surface area contributed by atoms with Crippen LogP contribution in [0.15, 0.2) is 36.5 Å². The molecule has 18 heavy (non-hydrogen) atoms. The lowest BCUT2D eigenvalue weighted by Crippen LogP contribution is -2.19. The summed E-state index contributed by atoms with van der Waals surface area (Å²) in [6.07, 6.45) is 1.65. The Kier molecular flexibility index (Phi) is 3.30. The Balaban J connectivity index is 2.44. The van der Waals surface area contributed by atoms with Gasteiger partial charge in [0.25, 0.3) is 0 Å². The zero-order valence-corrected chi connectivity index (χ0v) is 10.7. The molecule has 94 valence electrons. The molecule has 0 spiro atoms. The second kappa shape index (κ2) is 4.74. The maximum atomic E-state index is 9.91. The molecular formula is C14H16N2O2. The van der Waals surface area contributed by atoms with Crippen molar-refractivity contribution in [2.24, 2.45) is 0 Å². The predicted molar refractivity (Wildman–Crippen MR) is 69.3 cm³/mol. The highest BCUT2D eigenvalue weighted by atomic mass is 16.5. The Labute approximate surface area is 106 Å². The number of benzene rings is 1. The summed E-state index contributed by atoms with van der Waals surface area (Å²) in [6.45, 7) is 3.33. The summed E-state index contributed by atoms with van der Waals surface area (Å²) in [7, 11) is 1.63. The number of hydrogen-bond acceptors (Lipinski definition) is 4. The number of nitrogens with zero attached hydrogens (tertiary/aromatic N) is 2. The van der Waals surface area contributed by atoms with Gasteiger partial charge in [-0.3, -0.25) is 0 Å². The van der Waals surface area contributed by atoms with E-state index in [-0.39, 0.29) is 0 Å². The normalized spacial score (nSPS) is 11.3. The average molecular weight is 244 g/mol. The predicted octanol–water partition coefficient (Wildman–Crippen LogP) is 2.38. The fourth-order valence-electron chi connectivity index (χ4n) is 1.60. The van der Waals surface area contributed by atoms with Gasteiger partial charge in [-0.1, -0.05) is 12.1 Å². The van der Waals surface area contributed by atoms with Crippen molar-refractivity contribution in [3.63, 3.8) is 0 Å². The topological polar surface area (TPSA) is 55.2 Å². The number of methoxy groups -OCH3 is 1. The monoisotopic (exact) mass is 244 g/mol. The van der Waals surface area contributed by atoms with Crippen molar-refractivity contribution in [2.45, 2.75) is 19.4 Å². The molecule has 4 heteroatoms. The van der Waals surface area contributed by atoms with Crippen LogP contribution in [0.2, 0.25) is 0 Å². The summed E-state index contributed by atoms with van der Waals surface area (Å²) in [5.41, 5.74) is 0.651. The third-order valence-corrected chi connectivity index (χ3v) is 2.57. The zero-order valence-electron chi connectivity index (χ0n) is 10.7. The van der Waals surface area contributed by atoms with Crippen LogP contribution in [0.3, 0.4) is 0 Å². The highest BCUT2D eigenvalue weighted by Crippen LogP contribution is 2.23. The van der Waals surface area contributed by atoms with E-state index in [0.29, 0.717) is 5.82 Å². The van der Waals surface area contributed by atoms with Crippen LogP contribution in [0.5, 0.6) is 5.75 Å². The molecule has 0 radical (unpaired) electrons. The van der Waals surface area contributed by atoms with Gasteiger partial charge in [0.15, 0.2) is 5.82 Å². The summed E-state index contributed by atoms with van der Waals surface area (Å²) >= 11 is 0. The van der Waals surface area contributed by atoms with E-state index < -0.39 is 5.60 Å². The van der Waals surface area contributed by atoms with Crippen molar-refractivity contribution < 1.29 is 9.84 Å². The SMILES string of the molecule is COc1cccc(-c2ccnc(C(C)(C)O)n2)c1. The highest BCUT2D eigenvalue weighted by molar-refractivity contribution is 5.60. The van der Waals surface area contributed by atoms with E-state index in [4.69, 9.17) is 4.74 Å². The molecule has 1 N–H and O–H groups in total. The Morgan fingerprint density at radius 2 is 2.00 bits per heavy atom. The molecule has 1 heterocycles. The van der Waals surface area contributed by atoms with Gasteiger partial charge < -0.3 is 9.84 Å². The molecule has 2 aromatic rings. The van der Waals surface area contributed by atoms with Gasteiger partial charge in [-0.2, -0.15) is 0 Å². The van der Waals surface area contributed by atoms with Gasteiger partial charge >= 0.3 is 0 Å². The number of aliphatic hydroxyl groups is 1. The maximum absolute atomic E-state index is 9.91. The van der Waals surface area contributed by atoms with Gasteiger partial charge in [0, 0.05) is 11.8 Å². The molecule has 0 unspecified atom stereocenters. The smallest absolute Gasteiger partial charge is 0.159 e. The lowest BCUT2D eigenvalue weighted by atomic mass is 10.1. The number of ether oxygens (including phenoxy) is 1. The highest BCUT2D eigenvalue weighted by Gasteiger charge is 2.19. The van der Waals surface area contributed by atoms with Gasteiger partial charge in [-0.15, -0.1) is 0 Å². The molecule has 4 nitrogen and oxygen atoms in total. The molecule has 0 amide bonds. The Bertz CT molecular complexity index is 547. The van der Waals surface area contributed by atoms with Gasteiger partial charge in [-0.25, -0.2) is 9.97 Å². The van der Waals surface area contributed by atoms with Crippen molar-refractivity contribution in [1.29, 1.82) is 0 Å². The van der Waals surface area contributed by atoms with Crippen molar-refractivity contribution >= 4 is 0 Å². The van der Waals surface area contributed by atoms with Crippen LogP contribution in [0, 0.1) is 0 Å². The second-order valence-corrected chi connectivity index (χ2v) is 4.56. The zero-order chi connectivity index (χ0) is 13.2. The van der Waals surface area contributed by atoms with E-state index >= 15 is 0 Å². The third-order valence-electron chi connectivity index (χ3n) is 2.57. The molecule has 2 rings (SSSR count). The summed E-state index contributed by atoms with van der Waals surface area (Å²) < 4.78 is 5.18. The number of aromatic nitrogens is 2. The molecule has 1 aromatic carbocycles. The number of rotatable bonds is 3. The van der Waals surface area contributed by atoms with E-state index in [2.05, 4.69) is 9.97 Å². The summed E-state index contributed by atoms with van der Waals surface area (Å²) in [4.78, 5) is 8.46. The molecule has 0 aliphatic carbocycles. The van der Waals surface area contributed by atoms with Crippen molar-refractivity contribution in [3.8, 4) is 17.0 Å². The first-order valence-corrected chi connectivity index (χ1v) is 5.71. The van der Waals surface area contributed by atoms with Crippen LogP contribution in [-0.4, -0.2) is 22.2 Å². The largest absolute Gasteiger partial charge is 0.497 e. The van der Waals surface area contributed by atoms with E-state index in [0.717, 1.165) is 17.0 Å². The first-order valence-electron chi connectivity index (χ1n) is 5.71. The van der Waals surface area contributed by atoms with Crippen molar-refractivity contribution in [2.75, 3.05) is 7.11 Å². The Morgan fingerprint density at radius 1 is 1.22 bits per heavy atom.